The van der Waals surface area contributed by atoms with Gasteiger partial charge in [-0.3, -0.25) is 4.68 Å². The van der Waals surface area contributed by atoms with Crippen LogP contribution in [0.25, 0.3) is 10.6 Å². The minimum Gasteiger partial charge on any atom is -0.467 e. The van der Waals surface area contributed by atoms with Crippen LogP contribution in [-0.4, -0.2) is 40.3 Å². The molecule has 0 fully saturated rings. The highest BCUT2D eigenvalue weighted by atomic mass is 32.1. The molecule has 1 aliphatic rings. The lowest BCUT2D eigenvalue weighted by atomic mass is 10.1. The Bertz CT molecular complexity index is 985. The van der Waals surface area contributed by atoms with Gasteiger partial charge in [0.15, 0.2) is 6.04 Å². The third kappa shape index (κ3) is 4.17. The number of amides is 2. The number of aromatic nitrogens is 2. The van der Waals surface area contributed by atoms with Gasteiger partial charge in [-0.1, -0.05) is 36.4 Å². The van der Waals surface area contributed by atoms with Gasteiger partial charge >= 0.3 is 12.0 Å². The Hall–Kier alpha value is -3.13. The van der Waals surface area contributed by atoms with E-state index in [2.05, 4.69) is 5.32 Å². The summed E-state index contributed by atoms with van der Waals surface area (Å²) in [5.74, 6) is -0.496. The van der Waals surface area contributed by atoms with Gasteiger partial charge in [-0.05, 0) is 29.5 Å². The largest absolute Gasteiger partial charge is 0.467 e. The normalized spacial score (nSPS) is 14.6. The zero-order valence-electron chi connectivity index (χ0n) is 16.1. The van der Waals surface area contributed by atoms with Crippen molar-refractivity contribution < 1.29 is 14.3 Å². The number of aryl methyl sites for hydroxylation is 1. The van der Waals surface area contributed by atoms with Crippen LogP contribution >= 0.6 is 11.3 Å². The van der Waals surface area contributed by atoms with Gasteiger partial charge in [0.2, 0.25) is 0 Å². The second-order valence-corrected chi connectivity index (χ2v) is 7.76. The van der Waals surface area contributed by atoms with Crippen LogP contribution < -0.4 is 5.32 Å². The number of fused-ring (bicyclic) bond motifs is 1. The van der Waals surface area contributed by atoms with Crippen molar-refractivity contribution in [2.24, 2.45) is 0 Å². The van der Waals surface area contributed by atoms with Gasteiger partial charge in [0, 0.05) is 13.1 Å². The summed E-state index contributed by atoms with van der Waals surface area (Å²) in [6, 6.07) is 14.0. The van der Waals surface area contributed by atoms with Crippen LogP contribution in [0.15, 0.2) is 53.9 Å². The molecule has 3 heterocycles. The predicted octanol–water partition coefficient (Wildman–Crippen LogP) is 3.44. The van der Waals surface area contributed by atoms with Crippen LogP contribution in [-0.2, 0) is 22.6 Å². The monoisotopic (exact) mass is 410 g/mol. The number of methoxy groups -OCH3 is 1. The third-order valence-corrected chi connectivity index (χ3v) is 5.80. The fourth-order valence-corrected chi connectivity index (χ4v) is 4.12. The molecule has 3 aromatic rings. The van der Waals surface area contributed by atoms with Crippen molar-refractivity contribution in [1.29, 1.82) is 0 Å². The second-order valence-electron chi connectivity index (χ2n) is 6.81. The molecule has 29 heavy (non-hydrogen) atoms. The van der Waals surface area contributed by atoms with Crippen LogP contribution in [0.2, 0.25) is 0 Å². The van der Waals surface area contributed by atoms with E-state index in [1.54, 1.807) is 28.4 Å². The molecule has 0 radical (unpaired) electrons. The lowest BCUT2D eigenvalue weighted by Crippen LogP contribution is -2.43. The molecule has 0 aliphatic carbocycles. The van der Waals surface area contributed by atoms with Gasteiger partial charge in [-0.2, -0.15) is 5.10 Å². The minimum atomic E-state index is -0.844. The van der Waals surface area contributed by atoms with E-state index in [0.717, 1.165) is 29.2 Å². The molecule has 1 N–H and O–H groups in total. The summed E-state index contributed by atoms with van der Waals surface area (Å²) in [5.41, 5.74) is 2.59. The number of thiophene rings is 1. The fourth-order valence-electron chi connectivity index (χ4n) is 3.44. The smallest absolute Gasteiger partial charge is 0.333 e. The molecule has 0 bridgehead atoms. The minimum absolute atomic E-state index is 0.295. The summed E-state index contributed by atoms with van der Waals surface area (Å²) in [7, 11) is 1.32. The first-order chi connectivity index (χ1) is 14.2. The van der Waals surface area contributed by atoms with E-state index in [1.807, 2.05) is 46.5 Å². The van der Waals surface area contributed by atoms with E-state index in [-0.39, 0.29) is 6.03 Å². The van der Waals surface area contributed by atoms with Crippen molar-refractivity contribution in [3.63, 3.8) is 0 Å². The van der Waals surface area contributed by atoms with E-state index in [9.17, 15) is 9.59 Å². The first kappa shape index (κ1) is 19.2. The highest BCUT2D eigenvalue weighted by Crippen LogP contribution is 2.26. The number of hydrogen-bond donors (Lipinski definition) is 1. The molecule has 1 atom stereocenters. The number of ether oxygens (including phenoxy) is 1. The van der Waals surface area contributed by atoms with Crippen LogP contribution in [0.1, 0.15) is 23.7 Å². The quantitative estimate of drug-likeness (QED) is 0.669. The SMILES string of the molecule is COC(=O)[C@@H](NC(=O)N1CCCn2nc(-c3cccs3)cc2C1)c1ccccc1. The number of carbonyl (C=O) groups is 2. The molecule has 1 aromatic carbocycles. The predicted molar refractivity (Wildman–Crippen MR) is 110 cm³/mol. The molecule has 2 amide bonds. The zero-order chi connectivity index (χ0) is 20.2. The van der Waals surface area contributed by atoms with Crippen molar-refractivity contribution in [3.8, 4) is 10.6 Å². The Labute approximate surface area is 172 Å². The molecule has 8 heteroatoms. The Balaban J connectivity index is 1.52. The summed E-state index contributed by atoms with van der Waals surface area (Å²) < 4.78 is 6.87. The maximum Gasteiger partial charge on any atom is 0.333 e. The average Bonchev–Trinajstić information content (AvgIpc) is 3.38. The Morgan fingerprint density at radius 3 is 2.72 bits per heavy atom. The maximum absolute atomic E-state index is 13.0. The molecule has 7 nitrogen and oxygen atoms in total. The van der Waals surface area contributed by atoms with Crippen LogP contribution in [0.4, 0.5) is 4.79 Å². The Morgan fingerprint density at radius 2 is 2.00 bits per heavy atom. The molecule has 0 unspecified atom stereocenters. The van der Waals surface area contributed by atoms with Crippen molar-refractivity contribution in [2.45, 2.75) is 25.6 Å². The highest BCUT2D eigenvalue weighted by Gasteiger charge is 2.27. The summed E-state index contributed by atoms with van der Waals surface area (Å²) in [6.07, 6.45) is 0.792. The molecular weight excluding hydrogens is 388 g/mol. The Morgan fingerprint density at radius 1 is 1.17 bits per heavy atom. The highest BCUT2D eigenvalue weighted by molar-refractivity contribution is 7.13. The van der Waals surface area contributed by atoms with Gasteiger partial charge in [0.25, 0.3) is 0 Å². The van der Waals surface area contributed by atoms with E-state index in [1.165, 1.54) is 7.11 Å². The average molecular weight is 410 g/mol. The lowest BCUT2D eigenvalue weighted by molar-refractivity contribution is -0.143. The number of benzene rings is 1. The Kier molecular flexibility index (Phi) is 5.62. The second kappa shape index (κ2) is 8.48. The van der Waals surface area contributed by atoms with Crippen molar-refractivity contribution >= 4 is 23.3 Å². The van der Waals surface area contributed by atoms with Gasteiger partial charge in [0.05, 0.1) is 24.2 Å². The lowest BCUT2D eigenvalue weighted by Gasteiger charge is -2.24. The van der Waals surface area contributed by atoms with E-state index >= 15 is 0 Å². The number of esters is 1. The standard InChI is InChI=1S/C21H22N4O3S/c1-28-20(26)19(15-7-3-2-4-8-15)22-21(27)24-10-6-11-25-16(14-24)13-17(23-25)18-9-5-12-29-18/h2-5,7-9,12-13,19H,6,10-11,14H2,1H3,(H,22,27)/t19-/m0/s1. The van der Waals surface area contributed by atoms with Crippen LogP contribution in [0.5, 0.6) is 0 Å². The molecule has 150 valence electrons. The molecule has 2 aromatic heterocycles. The van der Waals surface area contributed by atoms with E-state index in [4.69, 9.17) is 9.84 Å². The van der Waals surface area contributed by atoms with Crippen LogP contribution in [0.3, 0.4) is 0 Å². The first-order valence-electron chi connectivity index (χ1n) is 9.44. The summed E-state index contributed by atoms with van der Waals surface area (Å²) >= 11 is 1.64. The molecule has 0 saturated carbocycles. The number of urea groups is 1. The van der Waals surface area contributed by atoms with Crippen molar-refractivity contribution in [3.05, 3.63) is 65.2 Å². The maximum atomic E-state index is 13.0. The number of rotatable bonds is 4. The number of carbonyl (C=O) groups excluding carboxylic acids is 2. The molecular formula is C21H22N4O3S. The summed E-state index contributed by atoms with van der Waals surface area (Å²) in [6.45, 7) is 1.78. The van der Waals surface area contributed by atoms with Crippen LogP contribution in [0, 0.1) is 0 Å². The van der Waals surface area contributed by atoms with Gasteiger partial charge in [-0.25, -0.2) is 9.59 Å². The third-order valence-electron chi connectivity index (χ3n) is 4.91. The zero-order valence-corrected chi connectivity index (χ0v) is 16.9. The van der Waals surface area contributed by atoms with E-state index in [0.29, 0.717) is 18.7 Å². The number of hydrogen-bond acceptors (Lipinski definition) is 5. The van der Waals surface area contributed by atoms with Gasteiger partial charge < -0.3 is 15.0 Å². The van der Waals surface area contributed by atoms with Gasteiger partial charge in [-0.15, -0.1) is 11.3 Å². The molecule has 4 rings (SSSR count). The molecule has 0 spiro atoms. The topological polar surface area (TPSA) is 76.5 Å². The fraction of sp³-hybridized carbons (Fsp3) is 0.286. The van der Waals surface area contributed by atoms with E-state index < -0.39 is 12.0 Å². The molecule has 1 aliphatic heterocycles. The molecule has 0 saturated heterocycles. The first-order valence-corrected chi connectivity index (χ1v) is 10.3. The number of nitrogens with zero attached hydrogens (tertiary/aromatic N) is 3. The van der Waals surface area contributed by atoms with Gasteiger partial charge in [0.1, 0.15) is 5.69 Å². The summed E-state index contributed by atoms with van der Waals surface area (Å²) in [5, 5.41) is 9.55. The van der Waals surface area contributed by atoms with Crippen molar-refractivity contribution in [2.75, 3.05) is 13.7 Å². The van der Waals surface area contributed by atoms with Crippen molar-refractivity contribution in [1.82, 2.24) is 20.0 Å². The summed E-state index contributed by atoms with van der Waals surface area (Å²) in [4.78, 5) is 28.1. The number of nitrogens with one attached hydrogen (secondary N) is 1.